The van der Waals surface area contributed by atoms with E-state index >= 15 is 0 Å². The van der Waals surface area contributed by atoms with Crippen molar-refractivity contribution in [2.75, 3.05) is 17.7 Å². The van der Waals surface area contributed by atoms with Crippen LogP contribution in [0.15, 0.2) is 61.1 Å². The van der Waals surface area contributed by atoms with E-state index in [0.29, 0.717) is 29.4 Å². The Morgan fingerprint density at radius 1 is 1.12 bits per heavy atom. The Morgan fingerprint density at radius 3 is 2.74 bits per heavy atom. The molecule has 3 N–H and O–H groups in total. The number of ether oxygens (including phenoxy) is 3. The molecule has 0 amide bonds. The molecule has 0 spiro atoms. The average molecular weight is 461 g/mol. The third kappa shape index (κ3) is 3.58. The van der Waals surface area contributed by atoms with Crippen molar-refractivity contribution in [1.29, 1.82) is 0 Å². The zero-order chi connectivity index (χ0) is 23.4. The molecule has 0 saturated carbocycles. The Kier molecular flexibility index (Phi) is 4.80. The minimum atomic E-state index is -0.679. The molecule has 2 saturated heterocycles. The van der Waals surface area contributed by atoms with Gasteiger partial charge >= 0.3 is 0 Å². The number of fused-ring (bicyclic) bond motifs is 2. The van der Waals surface area contributed by atoms with Gasteiger partial charge in [-0.2, -0.15) is 0 Å². The smallest absolute Gasteiger partial charge is 0.164 e. The van der Waals surface area contributed by atoms with Crippen LogP contribution in [0.3, 0.4) is 0 Å². The Bertz CT molecular complexity index is 1370. The molecule has 2 aliphatic rings. The summed E-state index contributed by atoms with van der Waals surface area (Å²) in [6.07, 6.45) is 2.63. The number of nitrogens with zero attached hydrogens (tertiary/aromatic N) is 3. The predicted molar refractivity (Wildman–Crippen MR) is 126 cm³/mol. The molecule has 2 aromatic heterocycles. The summed E-state index contributed by atoms with van der Waals surface area (Å²) in [5.41, 5.74) is 9.93. The molecule has 3 atom stereocenters. The van der Waals surface area contributed by atoms with Crippen LogP contribution < -0.4 is 11.1 Å². The standard InChI is InChI=1S/C25H24FN5O3/c1-25(2)33-19-12-32-24(21(19)34-25)31-11-18(14-4-3-5-16(27)10-14)20-22(28-13-29-23(20)31)30-17-8-6-15(26)7-9-17/h3-11,13,19,21,24H,12,27H2,1-2H3,(H,28,29,30)/t19-,21-,24-/m1/s1. The first-order chi connectivity index (χ1) is 16.4. The van der Waals surface area contributed by atoms with Crippen LogP contribution in [0.5, 0.6) is 0 Å². The van der Waals surface area contributed by atoms with Gasteiger partial charge in [0.05, 0.1) is 12.0 Å². The van der Waals surface area contributed by atoms with Crippen LogP contribution in [-0.4, -0.2) is 39.1 Å². The van der Waals surface area contributed by atoms with Gasteiger partial charge in [0.25, 0.3) is 0 Å². The van der Waals surface area contributed by atoms with Crippen LogP contribution in [0.4, 0.5) is 21.6 Å². The van der Waals surface area contributed by atoms with E-state index in [-0.39, 0.29) is 18.0 Å². The number of hydrogen-bond acceptors (Lipinski definition) is 7. The van der Waals surface area contributed by atoms with Gasteiger partial charge in [-0.05, 0) is 55.8 Å². The van der Waals surface area contributed by atoms with Crippen LogP contribution in [0.1, 0.15) is 20.1 Å². The quantitative estimate of drug-likeness (QED) is 0.428. The summed E-state index contributed by atoms with van der Waals surface area (Å²) in [5, 5.41) is 4.10. The van der Waals surface area contributed by atoms with Gasteiger partial charge in [-0.3, -0.25) is 0 Å². The van der Waals surface area contributed by atoms with Gasteiger partial charge in [0.2, 0.25) is 0 Å². The summed E-state index contributed by atoms with van der Waals surface area (Å²) in [6, 6.07) is 13.8. The molecule has 2 aliphatic heterocycles. The highest BCUT2D eigenvalue weighted by Gasteiger charge is 2.51. The Balaban J connectivity index is 1.51. The van der Waals surface area contributed by atoms with E-state index in [4.69, 9.17) is 19.9 Å². The van der Waals surface area contributed by atoms with Crippen molar-refractivity contribution in [3.8, 4) is 11.1 Å². The van der Waals surface area contributed by atoms with E-state index in [1.807, 2.05) is 48.9 Å². The highest BCUT2D eigenvalue weighted by Crippen LogP contribution is 2.43. The molecule has 6 rings (SSSR count). The summed E-state index contributed by atoms with van der Waals surface area (Å²) in [5.74, 6) is -0.396. The number of anilines is 3. The van der Waals surface area contributed by atoms with Crippen molar-refractivity contribution >= 4 is 28.2 Å². The van der Waals surface area contributed by atoms with Gasteiger partial charge in [-0.15, -0.1) is 0 Å². The van der Waals surface area contributed by atoms with Gasteiger partial charge in [-0.1, -0.05) is 12.1 Å². The summed E-state index contributed by atoms with van der Waals surface area (Å²) in [4.78, 5) is 9.11. The Hall–Kier alpha value is -3.53. The van der Waals surface area contributed by atoms with Crippen LogP contribution >= 0.6 is 0 Å². The molecule has 174 valence electrons. The molecule has 0 unspecified atom stereocenters. The second kappa shape index (κ2) is 7.76. The summed E-state index contributed by atoms with van der Waals surface area (Å²) >= 11 is 0. The number of hydrogen-bond donors (Lipinski definition) is 2. The lowest BCUT2D eigenvalue weighted by Gasteiger charge is -2.23. The third-order valence-corrected chi connectivity index (χ3v) is 6.12. The van der Waals surface area contributed by atoms with E-state index in [2.05, 4.69) is 15.3 Å². The van der Waals surface area contributed by atoms with E-state index in [9.17, 15) is 4.39 Å². The number of benzene rings is 2. The van der Waals surface area contributed by atoms with E-state index < -0.39 is 12.0 Å². The maximum atomic E-state index is 13.4. The van der Waals surface area contributed by atoms with Gasteiger partial charge in [0.15, 0.2) is 12.0 Å². The fraction of sp³-hybridized carbons (Fsp3) is 0.280. The second-order valence-corrected chi connectivity index (χ2v) is 8.99. The SMILES string of the molecule is CC1(C)O[C@H]2[C@H](n3cc(-c4cccc(N)c4)c4c(Nc5ccc(F)cc5)ncnc43)OC[C@H]2O1. The van der Waals surface area contributed by atoms with Crippen molar-refractivity contribution in [1.82, 2.24) is 14.5 Å². The zero-order valence-corrected chi connectivity index (χ0v) is 18.7. The Labute approximate surface area is 195 Å². The van der Waals surface area contributed by atoms with E-state index in [1.165, 1.54) is 18.5 Å². The highest BCUT2D eigenvalue weighted by molar-refractivity contribution is 6.02. The minimum Gasteiger partial charge on any atom is -0.399 e. The number of nitrogens with two attached hydrogens (primary N) is 1. The number of nitrogen functional groups attached to an aromatic ring is 1. The van der Waals surface area contributed by atoms with Crippen molar-refractivity contribution in [3.05, 3.63) is 66.9 Å². The van der Waals surface area contributed by atoms with Crippen LogP contribution in [0, 0.1) is 5.82 Å². The number of nitrogens with one attached hydrogen (secondary N) is 1. The maximum Gasteiger partial charge on any atom is 0.164 e. The fourth-order valence-corrected chi connectivity index (χ4v) is 4.73. The molecular formula is C25H24FN5O3. The second-order valence-electron chi connectivity index (χ2n) is 8.99. The third-order valence-electron chi connectivity index (χ3n) is 6.12. The van der Waals surface area contributed by atoms with Gasteiger partial charge in [0, 0.05) is 23.1 Å². The zero-order valence-electron chi connectivity index (χ0n) is 18.7. The van der Waals surface area contributed by atoms with E-state index in [0.717, 1.165) is 16.5 Å². The number of halogens is 1. The Morgan fingerprint density at radius 2 is 1.94 bits per heavy atom. The molecule has 4 heterocycles. The maximum absolute atomic E-state index is 13.4. The van der Waals surface area contributed by atoms with Crippen LogP contribution in [0.25, 0.3) is 22.2 Å². The van der Waals surface area contributed by atoms with Crippen molar-refractivity contribution in [2.24, 2.45) is 0 Å². The average Bonchev–Trinajstić information content (AvgIpc) is 3.45. The van der Waals surface area contributed by atoms with Gasteiger partial charge in [0.1, 0.15) is 35.8 Å². The number of rotatable bonds is 4. The summed E-state index contributed by atoms with van der Waals surface area (Å²) in [6.45, 7) is 4.24. The van der Waals surface area contributed by atoms with E-state index in [1.54, 1.807) is 12.1 Å². The fourth-order valence-electron chi connectivity index (χ4n) is 4.73. The largest absolute Gasteiger partial charge is 0.399 e. The normalized spacial score (nSPS) is 23.3. The first-order valence-electron chi connectivity index (χ1n) is 11.1. The molecular weight excluding hydrogens is 437 g/mol. The highest BCUT2D eigenvalue weighted by atomic mass is 19.1. The predicted octanol–water partition coefficient (Wildman–Crippen LogP) is 4.61. The van der Waals surface area contributed by atoms with Crippen LogP contribution in [0.2, 0.25) is 0 Å². The first kappa shape index (κ1) is 21.0. The van der Waals surface area contributed by atoms with Crippen molar-refractivity contribution in [3.63, 3.8) is 0 Å². The molecule has 8 nitrogen and oxygen atoms in total. The van der Waals surface area contributed by atoms with Crippen LogP contribution in [-0.2, 0) is 14.2 Å². The lowest BCUT2D eigenvalue weighted by Crippen LogP contribution is -2.27. The van der Waals surface area contributed by atoms with Crippen molar-refractivity contribution < 1.29 is 18.6 Å². The molecule has 2 fully saturated rings. The molecule has 9 heteroatoms. The topological polar surface area (TPSA) is 96.5 Å². The molecule has 0 aliphatic carbocycles. The minimum absolute atomic E-state index is 0.160. The summed E-state index contributed by atoms with van der Waals surface area (Å²) < 4.78 is 33.7. The van der Waals surface area contributed by atoms with Crippen molar-refractivity contribution in [2.45, 2.75) is 38.1 Å². The monoisotopic (exact) mass is 461 g/mol. The molecule has 4 aromatic rings. The first-order valence-corrected chi connectivity index (χ1v) is 11.1. The molecule has 0 radical (unpaired) electrons. The lowest BCUT2D eigenvalue weighted by atomic mass is 10.1. The molecule has 2 aromatic carbocycles. The molecule has 34 heavy (non-hydrogen) atoms. The van der Waals surface area contributed by atoms with Gasteiger partial charge < -0.3 is 29.8 Å². The molecule has 0 bridgehead atoms. The summed E-state index contributed by atoms with van der Waals surface area (Å²) in [7, 11) is 0. The number of aromatic nitrogens is 3. The van der Waals surface area contributed by atoms with Gasteiger partial charge in [-0.25, -0.2) is 14.4 Å². The lowest BCUT2D eigenvalue weighted by molar-refractivity contribution is -0.183.